The van der Waals surface area contributed by atoms with Gasteiger partial charge in [0.05, 0.1) is 33.2 Å². The first-order chi connectivity index (χ1) is 14.2. The highest BCUT2D eigenvalue weighted by Crippen LogP contribution is 2.51. The van der Waals surface area contributed by atoms with Crippen molar-refractivity contribution < 1.29 is 40.2 Å². The maximum Gasteiger partial charge on any atom is 0.416 e. The summed E-state index contributed by atoms with van der Waals surface area (Å²) in [4.78, 5) is 12.6. The lowest BCUT2D eigenvalue weighted by molar-refractivity contribution is -0.143. The van der Waals surface area contributed by atoms with Gasteiger partial charge in [0.25, 0.3) is 5.91 Å². The number of halogens is 7. The Labute approximate surface area is 179 Å². The number of hydrogen-bond donors (Lipinski definition) is 3. The van der Waals surface area contributed by atoms with Gasteiger partial charge >= 0.3 is 12.4 Å². The average molecular weight is 489 g/mol. The summed E-state index contributed by atoms with van der Waals surface area (Å²) in [6.45, 7) is 0.285. The van der Waals surface area contributed by atoms with Crippen LogP contribution in [0.2, 0.25) is 5.02 Å². The van der Waals surface area contributed by atoms with Crippen LogP contribution in [-0.4, -0.2) is 27.3 Å². The molecule has 1 amide bonds. The molecule has 5 nitrogen and oxygen atoms in total. The van der Waals surface area contributed by atoms with Crippen LogP contribution in [0.25, 0.3) is 0 Å². The Balaban J connectivity index is 1.95. The Morgan fingerprint density at radius 3 is 2.06 bits per heavy atom. The molecule has 2 aromatic carbocycles. The number of benzene rings is 2. The molecule has 0 unspecified atom stereocenters. The minimum absolute atomic E-state index is 0.0541. The minimum Gasteiger partial charge on any atom is -0.322 e. The average Bonchev–Trinajstić information content (AvgIpc) is 2.99. The number of rotatable bonds is 3. The number of nitrogens with one attached hydrogen (secondary N) is 1. The van der Waals surface area contributed by atoms with E-state index in [0.29, 0.717) is 18.6 Å². The van der Waals surface area contributed by atoms with Crippen LogP contribution >= 0.6 is 22.4 Å². The first kappa shape index (κ1) is 23.5. The van der Waals surface area contributed by atoms with Gasteiger partial charge in [-0.1, -0.05) is 11.6 Å². The third kappa shape index (κ3) is 5.20. The Morgan fingerprint density at radius 2 is 1.58 bits per heavy atom. The van der Waals surface area contributed by atoms with Crippen LogP contribution in [0.5, 0.6) is 0 Å². The van der Waals surface area contributed by atoms with Gasteiger partial charge in [-0.2, -0.15) is 26.3 Å². The highest BCUT2D eigenvalue weighted by Gasteiger charge is 2.37. The zero-order valence-electron chi connectivity index (χ0n) is 15.4. The van der Waals surface area contributed by atoms with Gasteiger partial charge in [0.2, 0.25) is 0 Å². The zero-order valence-corrected chi connectivity index (χ0v) is 17.0. The van der Waals surface area contributed by atoms with E-state index < -0.39 is 45.8 Å². The van der Waals surface area contributed by atoms with Crippen molar-refractivity contribution in [3.8, 4) is 0 Å². The molecule has 3 N–H and O–H groups in total. The molecule has 31 heavy (non-hydrogen) atoms. The lowest BCUT2D eigenvalue weighted by Crippen LogP contribution is -2.22. The third-order valence-corrected chi connectivity index (χ3v) is 6.73. The summed E-state index contributed by atoms with van der Waals surface area (Å²) in [6, 6.07) is 4.58. The van der Waals surface area contributed by atoms with Gasteiger partial charge in [-0.15, -0.1) is 10.8 Å². The first-order valence-electron chi connectivity index (χ1n) is 8.62. The van der Waals surface area contributed by atoms with E-state index in [1.165, 1.54) is 22.5 Å². The second-order valence-electron chi connectivity index (χ2n) is 6.70. The molecule has 3 rings (SSSR count). The molecule has 1 saturated heterocycles. The molecule has 0 bridgehead atoms. The summed E-state index contributed by atoms with van der Waals surface area (Å²) in [5, 5.41) is 1.88. The predicted molar refractivity (Wildman–Crippen MR) is 106 cm³/mol. The second kappa shape index (κ2) is 8.08. The molecule has 0 saturated carbocycles. The van der Waals surface area contributed by atoms with E-state index in [4.69, 9.17) is 11.6 Å². The van der Waals surface area contributed by atoms with Crippen LogP contribution in [0.1, 0.15) is 27.9 Å². The lowest BCUT2D eigenvalue weighted by atomic mass is 10.1. The van der Waals surface area contributed by atoms with Crippen molar-refractivity contribution in [1.82, 2.24) is 0 Å². The predicted octanol–water partition coefficient (Wildman–Crippen LogP) is 6.51. The van der Waals surface area contributed by atoms with E-state index >= 15 is 0 Å². The van der Waals surface area contributed by atoms with Gasteiger partial charge < -0.3 is 5.32 Å². The van der Waals surface area contributed by atoms with E-state index in [1.807, 2.05) is 5.32 Å². The fourth-order valence-corrected chi connectivity index (χ4v) is 4.84. The molecule has 0 aromatic heterocycles. The van der Waals surface area contributed by atoms with Crippen LogP contribution in [0.4, 0.5) is 37.7 Å². The number of anilines is 2. The SMILES string of the molecule is O=C(Nc1cc(C(F)(F)F)cc(C(F)(F)F)c1)c1cc(N2CCCS2(O)O)ccc1Cl. The van der Waals surface area contributed by atoms with Gasteiger partial charge in [-0.05, 0) is 42.8 Å². The summed E-state index contributed by atoms with van der Waals surface area (Å²) in [6.07, 6.45) is -9.65. The highest BCUT2D eigenvalue weighted by molar-refractivity contribution is 8.25. The van der Waals surface area contributed by atoms with Crippen LogP contribution < -0.4 is 9.62 Å². The first-order valence-corrected chi connectivity index (χ1v) is 10.7. The van der Waals surface area contributed by atoms with Gasteiger partial charge in [0.15, 0.2) is 0 Å². The second-order valence-corrected chi connectivity index (χ2v) is 9.23. The number of alkyl halides is 6. The van der Waals surface area contributed by atoms with Crippen molar-refractivity contribution in [1.29, 1.82) is 0 Å². The number of carbonyl (C=O) groups is 1. The number of carbonyl (C=O) groups excluding carboxylic acids is 1. The minimum atomic E-state index is -5.07. The molecule has 1 aliphatic rings. The van der Waals surface area contributed by atoms with Crippen molar-refractivity contribution in [2.45, 2.75) is 18.8 Å². The van der Waals surface area contributed by atoms with Gasteiger partial charge in [-0.25, -0.2) is 0 Å². The lowest BCUT2D eigenvalue weighted by Gasteiger charge is -2.38. The molecule has 170 valence electrons. The molecule has 2 aromatic rings. The van der Waals surface area contributed by atoms with Crippen LogP contribution in [0.15, 0.2) is 36.4 Å². The molecule has 0 radical (unpaired) electrons. The molecule has 0 aliphatic carbocycles. The van der Waals surface area contributed by atoms with Crippen LogP contribution in [-0.2, 0) is 12.4 Å². The van der Waals surface area contributed by atoms with E-state index in [-0.39, 0.29) is 34.6 Å². The third-order valence-electron chi connectivity index (χ3n) is 4.46. The van der Waals surface area contributed by atoms with E-state index in [1.54, 1.807) is 0 Å². The Hall–Kier alpha value is -2.15. The van der Waals surface area contributed by atoms with Crippen molar-refractivity contribution in [3.05, 3.63) is 58.1 Å². The standard InChI is InChI=1S/C18H15ClF6N2O3S/c19-15-3-2-13(27-4-1-5-31(27,29)30)9-14(15)16(28)26-12-7-10(17(20,21)22)6-11(8-12)18(23,24)25/h2-3,6-9,29-30H,1,4-5H2,(H,26,28). The van der Waals surface area contributed by atoms with Crippen LogP contribution in [0, 0.1) is 0 Å². The highest BCUT2D eigenvalue weighted by atomic mass is 35.5. The molecular formula is C18H15ClF6N2O3S. The zero-order chi connectivity index (χ0) is 23.2. The molecule has 1 heterocycles. The molecule has 1 fully saturated rings. The molecule has 0 spiro atoms. The summed E-state index contributed by atoms with van der Waals surface area (Å²) in [7, 11) is -3.09. The van der Waals surface area contributed by atoms with Gasteiger partial charge in [0.1, 0.15) is 0 Å². The van der Waals surface area contributed by atoms with Gasteiger partial charge in [-0.3, -0.25) is 18.2 Å². The topological polar surface area (TPSA) is 72.8 Å². The molecule has 1 aliphatic heterocycles. The van der Waals surface area contributed by atoms with Crippen molar-refractivity contribution in [3.63, 3.8) is 0 Å². The van der Waals surface area contributed by atoms with Crippen molar-refractivity contribution in [2.24, 2.45) is 0 Å². The molecule has 0 atom stereocenters. The van der Waals surface area contributed by atoms with Crippen LogP contribution in [0.3, 0.4) is 0 Å². The summed E-state index contributed by atoms with van der Waals surface area (Å²) in [5.74, 6) is -0.934. The Morgan fingerprint density at radius 1 is 1.00 bits per heavy atom. The maximum atomic E-state index is 13.0. The molecular weight excluding hydrogens is 474 g/mol. The van der Waals surface area contributed by atoms with Crippen molar-refractivity contribution >= 4 is 39.7 Å². The summed E-state index contributed by atoms with van der Waals surface area (Å²) < 4.78 is 99.5. The fourth-order valence-electron chi connectivity index (χ4n) is 3.02. The number of hydrogen-bond acceptors (Lipinski definition) is 4. The summed E-state index contributed by atoms with van der Waals surface area (Å²) >= 11 is 5.99. The van der Waals surface area contributed by atoms with Gasteiger partial charge in [0, 0.05) is 12.2 Å². The Kier molecular flexibility index (Phi) is 6.13. The van der Waals surface area contributed by atoms with Crippen molar-refractivity contribution in [2.75, 3.05) is 21.9 Å². The quantitative estimate of drug-likeness (QED) is 0.431. The summed E-state index contributed by atoms with van der Waals surface area (Å²) in [5.41, 5.74) is -3.91. The normalized spacial score (nSPS) is 17.5. The number of amides is 1. The van der Waals surface area contributed by atoms with E-state index in [9.17, 15) is 40.2 Å². The largest absolute Gasteiger partial charge is 0.416 e. The maximum absolute atomic E-state index is 13.0. The Bertz CT molecular complexity index is 981. The monoisotopic (exact) mass is 488 g/mol. The van der Waals surface area contributed by atoms with E-state index in [0.717, 1.165) is 0 Å². The molecule has 13 heteroatoms. The fraction of sp³-hybridized carbons (Fsp3) is 0.278. The number of nitrogens with zero attached hydrogens (tertiary/aromatic N) is 1. The smallest absolute Gasteiger partial charge is 0.322 e. The van der Waals surface area contributed by atoms with E-state index in [2.05, 4.69) is 0 Å².